The third-order valence-corrected chi connectivity index (χ3v) is 11.5. The molecule has 0 saturated heterocycles. The Morgan fingerprint density at radius 2 is 1.03 bits per heavy atom. The predicted octanol–water partition coefficient (Wildman–Crippen LogP) is 14.1. The second-order valence-corrected chi connectivity index (χ2v) is 15.4. The second-order valence-electron chi connectivity index (χ2n) is 15.4. The molecule has 0 bridgehead atoms. The van der Waals surface area contributed by atoms with E-state index in [4.69, 9.17) is 14.4 Å². The number of rotatable bonds is 8. The molecule has 0 aliphatic carbocycles. The van der Waals surface area contributed by atoms with E-state index in [2.05, 4.69) is 139 Å². The van der Waals surface area contributed by atoms with E-state index < -0.39 is 0 Å². The number of benzene rings is 8. The van der Waals surface area contributed by atoms with Crippen LogP contribution < -0.4 is 5.32 Å². The van der Waals surface area contributed by atoms with Gasteiger partial charge in [-0.15, -0.1) is 0 Å². The van der Waals surface area contributed by atoms with Crippen molar-refractivity contribution in [2.24, 2.45) is 0 Å². The molecule has 5 heteroatoms. The molecule has 0 amide bonds. The fourth-order valence-electron chi connectivity index (χ4n) is 8.47. The molecule has 0 unspecified atom stereocenters. The number of furan rings is 1. The molecule has 0 atom stereocenters. The van der Waals surface area contributed by atoms with E-state index in [0.717, 1.165) is 106 Å². The van der Waals surface area contributed by atoms with Crippen LogP contribution in [0.1, 0.15) is 27.8 Å². The van der Waals surface area contributed by atoms with E-state index in [1.807, 2.05) is 84.9 Å². The molecule has 1 aliphatic rings. The number of allylic oxidation sites excluding steroid dienone is 1. The predicted molar refractivity (Wildman–Crippen MR) is 255 cm³/mol. The molecule has 292 valence electrons. The van der Waals surface area contributed by atoms with Gasteiger partial charge in [-0.1, -0.05) is 194 Å². The van der Waals surface area contributed by atoms with Crippen molar-refractivity contribution in [3.05, 3.63) is 240 Å². The van der Waals surface area contributed by atoms with Gasteiger partial charge >= 0.3 is 0 Å². The molecule has 0 spiro atoms. The third-order valence-electron chi connectivity index (χ3n) is 11.5. The first-order valence-corrected chi connectivity index (χ1v) is 20.7. The van der Waals surface area contributed by atoms with Gasteiger partial charge in [0.2, 0.25) is 0 Å². The minimum Gasteiger partial charge on any atom is -0.455 e. The second kappa shape index (κ2) is 15.6. The summed E-state index contributed by atoms with van der Waals surface area (Å²) in [5.41, 5.74) is 16.3. The maximum atomic E-state index is 9.86. The molecule has 0 radical (unpaired) electrons. The van der Waals surface area contributed by atoms with Crippen molar-refractivity contribution >= 4 is 50.7 Å². The molecule has 0 fully saturated rings. The number of hydrogen-bond acceptors (Lipinski definition) is 5. The number of nitrogens with zero attached hydrogens (tertiary/aromatic N) is 2. The maximum absolute atomic E-state index is 9.86. The van der Waals surface area contributed by atoms with Crippen LogP contribution in [0.3, 0.4) is 0 Å². The van der Waals surface area contributed by atoms with Crippen LogP contribution in [0.4, 0.5) is 0 Å². The summed E-state index contributed by atoms with van der Waals surface area (Å²) in [6.45, 7) is 0. The molecule has 8 aromatic carbocycles. The lowest BCUT2D eigenvalue weighted by Crippen LogP contribution is -2.20. The van der Waals surface area contributed by atoms with Crippen molar-refractivity contribution in [1.82, 2.24) is 15.3 Å². The van der Waals surface area contributed by atoms with E-state index in [1.54, 1.807) is 0 Å². The van der Waals surface area contributed by atoms with Gasteiger partial charge in [0.1, 0.15) is 11.2 Å². The molecule has 2 aromatic heterocycles. The highest BCUT2D eigenvalue weighted by Gasteiger charge is 2.24. The summed E-state index contributed by atoms with van der Waals surface area (Å²) in [5.74, 6) is 0.622. The van der Waals surface area contributed by atoms with E-state index >= 15 is 0 Å². The summed E-state index contributed by atoms with van der Waals surface area (Å²) < 4.78 is 6.42. The van der Waals surface area contributed by atoms with Gasteiger partial charge in [0.15, 0.2) is 5.82 Å². The molecule has 5 nitrogen and oxygen atoms in total. The van der Waals surface area contributed by atoms with E-state index in [0.29, 0.717) is 11.5 Å². The lowest BCUT2D eigenvalue weighted by atomic mass is 9.88. The van der Waals surface area contributed by atoms with Crippen LogP contribution in [0.15, 0.2) is 217 Å². The van der Waals surface area contributed by atoms with Gasteiger partial charge in [-0.2, -0.15) is 0 Å². The van der Waals surface area contributed by atoms with Gasteiger partial charge in [-0.25, -0.2) is 9.97 Å². The van der Waals surface area contributed by atoms with Gasteiger partial charge in [-0.3, -0.25) is 5.41 Å². The molecule has 0 saturated carbocycles. The maximum Gasteiger partial charge on any atom is 0.160 e. The summed E-state index contributed by atoms with van der Waals surface area (Å²) in [6.07, 6.45) is 2.19. The lowest BCUT2D eigenvalue weighted by Gasteiger charge is -2.26. The summed E-state index contributed by atoms with van der Waals surface area (Å²) in [7, 11) is 0. The van der Waals surface area contributed by atoms with Crippen LogP contribution in [-0.4, -0.2) is 15.7 Å². The minimum atomic E-state index is 0.416. The number of fused-ring (bicyclic) bond motifs is 4. The van der Waals surface area contributed by atoms with Gasteiger partial charge in [0, 0.05) is 55.4 Å². The van der Waals surface area contributed by atoms with Gasteiger partial charge < -0.3 is 9.73 Å². The third kappa shape index (κ3) is 6.78. The Kier molecular flexibility index (Phi) is 9.25. The number of nitrogens with one attached hydrogen (secondary N) is 2. The van der Waals surface area contributed by atoms with Gasteiger partial charge in [-0.05, 0) is 46.5 Å². The Bertz CT molecular complexity index is 3370. The van der Waals surface area contributed by atoms with Gasteiger partial charge in [0.25, 0.3) is 0 Å². The molecule has 10 aromatic rings. The van der Waals surface area contributed by atoms with Crippen LogP contribution in [0.5, 0.6) is 0 Å². The van der Waals surface area contributed by atoms with Crippen LogP contribution >= 0.6 is 0 Å². The molecular formula is C57H38N4O. The molecule has 1 aliphatic heterocycles. The van der Waals surface area contributed by atoms with Crippen molar-refractivity contribution < 1.29 is 4.42 Å². The Morgan fingerprint density at radius 1 is 0.452 bits per heavy atom. The first-order valence-electron chi connectivity index (χ1n) is 20.7. The van der Waals surface area contributed by atoms with Crippen molar-refractivity contribution in [2.75, 3.05) is 0 Å². The first kappa shape index (κ1) is 36.7. The summed E-state index contributed by atoms with van der Waals surface area (Å²) in [6, 6.07) is 72.3. The number of para-hydroxylation sites is 2. The Labute approximate surface area is 359 Å². The van der Waals surface area contributed by atoms with Crippen molar-refractivity contribution in [3.8, 4) is 45.0 Å². The zero-order chi connectivity index (χ0) is 41.4. The molecule has 3 heterocycles. The molecule has 2 N–H and O–H groups in total. The minimum absolute atomic E-state index is 0.416. The standard InChI is InChI=1S/C57H38N4O/c58-54(53(40-20-8-3-9-21-40)55-45-25-11-10-22-43(45)35-49(59-55)37-16-4-1-5-17-37)41-32-30-39(31-33-41)51-36-50(38-18-6-2-7-19-38)60-57(61-51)44-24-14-23-42(34-44)46-27-15-28-48-47-26-12-13-29-52(47)62-56(46)48/h1-36,58-59H/b55-53-,58-54?. The largest absolute Gasteiger partial charge is 0.455 e. The van der Waals surface area contributed by atoms with Crippen LogP contribution in [0.2, 0.25) is 0 Å². The van der Waals surface area contributed by atoms with E-state index in [-0.39, 0.29) is 0 Å². The van der Waals surface area contributed by atoms with Crippen molar-refractivity contribution in [1.29, 1.82) is 5.41 Å². The molecule has 11 rings (SSSR count). The van der Waals surface area contributed by atoms with Crippen molar-refractivity contribution in [3.63, 3.8) is 0 Å². The molecule has 62 heavy (non-hydrogen) atoms. The highest BCUT2D eigenvalue weighted by atomic mass is 16.3. The van der Waals surface area contributed by atoms with Crippen LogP contribution in [-0.2, 0) is 0 Å². The summed E-state index contributed by atoms with van der Waals surface area (Å²) >= 11 is 0. The highest BCUT2D eigenvalue weighted by molar-refractivity contribution is 6.36. The van der Waals surface area contributed by atoms with E-state index in [9.17, 15) is 5.41 Å². The van der Waals surface area contributed by atoms with Crippen molar-refractivity contribution in [2.45, 2.75) is 0 Å². The number of hydrogen-bond donors (Lipinski definition) is 2. The number of aromatic nitrogens is 2. The summed E-state index contributed by atoms with van der Waals surface area (Å²) in [5, 5.41) is 15.8. The van der Waals surface area contributed by atoms with Crippen LogP contribution in [0, 0.1) is 5.41 Å². The zero-order valence-electron chi connectivity index (χ0n) is 33.6. The monoisotopic (exact) mass is 794 g/mol. The summed E-state index contributed by atoms with van der Waals surface area (Å²) in [4.78, 5) is 10.4. The SMILES string of the molecule is N=C(/C(=C1\NC(c2ccccc2)=Cc2ccccc21)c1ccccc1)c1ccc(-c2cc(-c3ccccc3)nc(-c3cccc(-c4cccc5c4oc4ccccc45)c3)n2)cc1. The topological polar surface area (TPSA) is 74.8 Å². The zero-order valence-corrected chi connectivity index (χ0v) is 33.6. The Balaban J connectivity index is 0.994. The first-order chi connectivity index (χ1) is 30.6. The normalized spacial score (nSPS) is 13.0. The fraction of sp³-hybridized carbons (Fsp3) is 0. The van der Waals surface area contributed by atoms with Gasteiger partial charge in [0.05, 0.1) is 22.8 Å². The smallest absolute Gasteiger partial charge is 0.160 e. The van der Waals surface area contributed by atoms with Crippen LogP contribution in [0.25, 0.3) is 90.0 Å². The Morgan fingerprint density at radius 3 is 1.81 bits per heavy atom. The highest BCUT2D eigenvalue weighted by Crippen LogP contribution is 2.39. The average Bonchev–Trinajstić information content (AvgIpc) is 3.74. The van der Waals surface area contributed by atoms with E-state index in [1.165, 1.54) is 0 Å². The molecular weight excluding hydrogens is 757 g/mol. The lowest BCUT2D eigenvalue weighted by molar-refractivity contribution is 0.670. The fourth-order valence-corrected chi connectivity index (χ4v) is 8.47. The quantitative estimate of drug-likeness (QED) is 0.150. The average molecular weight is 795 g/mol. The Hall–Kier alpha value is -8.41.